The Morgan fingerprint density at radius 1 is 1.09 bits per heavy atom. The molecule has 2 heterocycles. The lowest BCUT2D eigenvalue weighted by Gasteiger charge is -2.32. The number of carbonyl (C=O) groups is 2. The van der Waals surface area contributed by atoms with E-state index in [1.807, 2.05) is 36.9 Å². The van der Waals surface area contributed by atoms with Crippen LogP contribution in [0, 0.1) is 13.8 Å². The average Bonchev–Trinajstić information content (AvgIpc) is 2.72. The summed E-state index contributed by atoms with van der Waals surface area (Å²) in [6.45, 7) is 7.20. The lowest BCUT2D eigenvalue weighted by Crippen LogP contribution is -3.11. The summed E-state index contributed by atoms with van der Waals surface area (Å²) >= 11 is 6.24. The van der Waals surface area contributed by atoms with Gasteiger partial charge in [-0.25, -0.2) is 4.90 Å². The maximum atomic E-state index is 12.9. The van der Waals surface area contributed by atoms with Crippen LogP contribution >= 0.6 is 11.6 Å². The molecule has 3 rings (SSSR count). The molecule has 2 aliphatic rings. The topological polar surface area (TPSA) is 45.1 Å². The summed E-state index contributed by atoms with van der Waals surface area (Å²) in [6.07, 6.45) is 0. The van der Waals surface area contributed by atoms with Crippen LogP contribution in [0.4, 0.5) is 5.69 Å². The maximum Gasteiger partial charge on any atom is 0.283 e. The molecule has 0 saturated carbocycles. The number of carbonyl (C=O) groups excluding carboxylic acids is 2. The van der Waals surface area contributed by atoms with Crippen LogP contribution in [0.25, 0.3) is 0 Å². The van der Waals surface area contributed by atoms with Gasteiger partial charge in [0.15, 0.2) is 0 Å². The zero-order chi connectivity index (χ0) is 16.7. The van der Waals surface area contributed by atoms with E-state index in [9.17, 15) is 9.59 Å². The number of piperazine rings is 1. The lowest BCUT2D eigenvalue weighted by atomic mass is 10.1. The van der Waals surface area contributed by atoms with Crippen molar-refractivity contribution in [2.75, 3.05) is 38.1 Å². The van der Waals surface area contributed by atoms with Crippen LogP contribution < -0.4 is 9.80 Å². The summed E-state index contributed by atoms with van der Waals surface area (Å²) in [5.41, 5.74) is 2.94. The van der Waals surface area contributed by atoms with E-state index in [4.69, 9.17) is 11.6 Å². The van der Waals surface area contributed by atoms with Crippen molar-refractivity contribution in [1.82, 2.24) is 4.90 Å². The quantitative estimate of drug-likeness (QED) is 0.799. The first-order valence-corrected chi connectivity index (χ1v) is 8.20. The smallest absolute Gasteiger partial charge is 0.283 e. The monoisotopic (exact) mass is 334 g/mol. The Bertz CT molecular complexity index is 706. The molecule has 0 aromatic heterocycles. The molecule has 5 nitrogen and oxygen atoms in total. The van der Waals surface area contributed by atoms with E-state index in [2.05, 4.69) is 7.05 Å². The Labute approximate surface area is 141 Å². The van der Waals surface area contributed by atoms with Crippen molar-refractivity contribution >= 4 is 29.1 Å². The van der Waals surface area contributed by atoms with E-state index < -0.39 is 5.91 Å². The Morgan fingerprint density at radius 3 is 2.35 bits per heavy atom. The third kappa shape index (κ3) is 2.75. The molecule has 0 atom stereocenters. The molecule has 23 heavy (non-hydrogen) atoms. The Hall–Kier alpha value is -1.85. The highest BCUT2D eigenvalue weighted by Gasteiger charge is 2.42. The molecule has 122 valence electrons. The zero-order valence-corrected chi connectivity index (χ0v) is 14.4. The van der Waals surface area contributed by atoms with Gasteiger partial charge in [0, 0.05) is 0 Å². The van der Waals surface area contributed by atoms with E-state index in [-0.39, 0.29) is 10.9 Å². The third-order valence-electron chi connectivity index (χ3n) is 4.53. The van der Waals surface area contributed by atoms with Crippen LogP contribution in [-0.2, 0) is 9.59 Å². The average molecular weight is 335 g/mol. The van der Waals surface area contributed by atoms with Crippen molar-refractivity contribution in [2.45, 2.75) is 13.8 Å². The minimum Gasteiger partial charge on any atom is -0.354 e. The van der Waals surface area contributed by atoms with Crippen molar-refractivity contribution in [1.29, 1.82) is 0 Å². The van der Waals surface area contributed by atoms with Crippen molar-refractivity contribution in [2.24, 2.45) is 0 Å². The summed E-state index contributed by atoms with van der Waals surface area (Å²) in [6, 6.07) is 5.66. The molecule has 2 amide bonds. The van der Waals surface area contributed by atoms with Crippen LogP contribution in [0.1, 0.15) is 11.1 Å². The molecule has 6 heteroatoms. The van der Waals surface area contributed by atoms with E-state index in [1.165, 1.54) is 9.80 Å². The molecule has 0 aliphatic carbocycles. The number of nitrogens with one attached hydrogen (secondary N) is 1. The van der Waals surface area contributed by atoms with Gasteiger partial charge in [-0.05, 0) is 25.5 Å². The number of aryl methyl sites for hydroxylation is 2. The molecule has 2 aliphatic heterocycles. The first kappa shape index (κ1) is 16.0. The standard InChI is InChI=1S/C17H20ClN3O2/c1-11-4-5-13(12(2)10-11)21-16(22)14(18)15(17(21)23)20-8-6-19(3)7-9-20/h4-5,10H,6-9H2,1-3H3/p+1. The molecule has 0 spiro atoms. The van der Waals surface area contributed by atoms with Gasteiger partial charge in [-0.15, -0.1) is 0 Å². The molecule has 0 bridgehead atoms. The highest BCUT2D eigenvalue weighted by atomic mass is 35.5. The fourth-order valence-corrected chi connectivity index (χ4v) is 3.44. The second-order valence-corrected chi connectivity index (χ2v) is 6.72. The van der Waals surface area contributed by atoms with Crippen molar-refractivity contribution in [3.8, 4) is 0 Å². The molecule has 1 aromatic carbocycles. The normalized spacial score (nSPS) is 20.0. The van der Waals surface area contributed by atoms with Crippen LogP contribution in [0.2, 0.25) is 0 Å². The third-order valence-corrected chi connectivity index (χ3v) is 4.87. The minimum atomic E-state index is -0.426. The van der Waals surface area contributed by atoms with Crippen LogP contribution in [0.15, 0.2) is 28.9 Å². The molecule has 1 saturated heterocycles. The van der Waals surface area contributed by atoms with Crippen molar-refractivity contribution in [3.63, 3.8) is 0 Å². The predicted molar refractivity (Wildman–Crippen MR) is 89.5 cm³/mol. The maximum absolute atomic E-state index is 12.9. The van der Waals surface area contributed by atoms with E-state index >= 15 is 0 Å². The van der Waals surface area contributed by atoms with Gasteiger partial charge in [-0.3, -0.25) is 9.59 Å². The number of rotatable bonds is 2. The van der Waals surface area contributed by atoms with Gasteiger partial charge in [-0.1, -0.05) is 29.3 Å². The number of amides is 2. The number of imide groups is 1. The van der Waals surface area contributed by atoms with Crippen LogP contribution in [-0.4, -0.2) is 49.9 Å². The zero-order valence-electron chi connectivity index (χ0n) is 13.6. The number of nitrogens with zero attached hydrogens (tertiary/aromatic N) is 2. The number of hydrogen-bond acceptors (Lipinski definition) is 3. The van der Waals surface area contributed by atoms with E-state index in [0.29, 0.717) is 11.4 Å². The predicted octanol–water partition coefficient (Wildman–Crippen LogP) is 0.457. The largest absolute Gasteiger partial charge is 0.354 e. The van der Waals surface area contributed by atoms with Gasteiger partial charge in [0.2, 0.25) is 0 Å². The van der Waals surface area contributed by atoms with Crippen LogP contribution in [0.5, 0.6) is 0 Å². The first-order valence-electron chi connectivity index (χ1n) is 7.82. The van der Waals surface area contributed by atoms with E-state index in [0.717, 1.165) is 37.3 Å². The summed E-state index contributed by atoms with van der Waals surface area (Å²) in [7, 11) is 2.12. The number of halogens is 1. The fraction of sp³-hybridized carbons (Fsp3) is 0.412. The molecular formula is C17H21ClN3O2+. The second kappa shape index (κ2) is 5.98. The Morgan fingerprint density at radius 2 is 1.74 bits per heavy atom. The fourth-order valence-electron chi connectivity index (χ4n) is 3.15. The van der Waals surface area contributed by atoms with Gasteiger partial charge in [0.1, 0.15) is 10.7 Å². The molecule has 0 radical (unpaired) electrons. The lowest BCUT2D eigenvalue weighted by molar-refractivity contribution is -0.883. The minimum absolute atomic E-state index is 0.0366. The molecule has 1 N–H and O–H groups in total. The van der Waals surface area contributed by atoms with Crippen molar-refractivity contribution in [3.05, 3.63) is 40.1 Å². The van der Waals surface area contributed by atoms with Crippen LogP contribution in [0.3, 0.4) is 0 Å². The molecule has 1 fully saturated rings. The van der Waals surface area contributed by atoms with Gasteiger partial charge >= 0.3 is 0 Å². The molecule has 1 aromatic rings. The van der Waals surface area contributed by atoms with Gasteiger partial charge in [-0.2, -0.15) is 0 Å². The van der Waals surface area contributed by atoms with Gasteiger partial charge in [0.25, 0.3) is 11.8 Å². The SMILES string of the molecule is Cc1ccc(N2C(=O)C(Cl)=C(N3CC[NH+](C)CC3)C2=O)c(C)c1. The number of anilines is 1. The Kier molecular flexibility index (Phi) is 4.17. The highest BCUT2D eigenvalue weighted by molar-refractivity contribution is 6.52. The summed E-state index contributed by atoms with van der Waals surface area (Å²) in [4.78, 5) is 30.0. The number of likely N-dealkylation sites (N-methyl/N-ethyl adjacent to an activating group) is 1. The van der Waals surface area contributed by atoms with Gasteiger partial charge in [0.05, 0.1) is 38.9 Å². The summed E-state index contributed by atoms with van der Waals surface area (Å²) < 4.78 is 0. The van der Waals surface area contributed by atoms with Gasteiger partial charge < -0.3 is 9.80 Å². The van der Waals surface area contributed by atoms with E-state index in [1.54, 1.807) is 0 Å². The summed E-state index contributed by atoms with van der Waals surface area (Å²) in [5, 5.41) is 0.0366. The number of quaternary nitrogens is 1. The van der Waals surface area contributed by atoms with Crippen molar-refractivity contribution < 1.29 is 14.5 Å². The second-order valence-electron chi connectivity index (χ2n) is 6.34. The molecule has 0 unspecified atom stereocenters. The summed E-state index contributed by atoms with van der Waals surface area (Å²) in [5.74, 6) is -0.739. The molecular weight excluding hydrogens is 314 g/mol. The highest BCUT2D eigenvalue weighted by Crippen LogP contribution is 2.33. The number of benzene rings is 1. The Balaban J connectivity index is 1.93. The number of hydrogen-bond donors (Lipinski definition) is 1. The first-order chi connectivity index (χ1) is 10.9.